The number of carboxylic acids is 1. The van der Waals surface area contributed by atoms with E-state index in [9.17, 15) is 4.79 Å². The molecule has 0 aliphatic heterocycles. The molecule has 0 aromatic carbocycles. The molecule has 1 aliphatic rings. The smallest absolute Gasteiger partial charge is 0.329 e. The molecule has 1 saturated carbocycles. The lowest BCUT2D eigenvalue weighted by atomic mass is 10.3. The largest absolute Gasteiger partial charge is 0.480 e. The van der Waals surface area contributed by atoms with Gasteiger partial charge in [-0.25, -0.2) is 9.78 Å². The van der Waals surface area contributed by atoms with Gasteiger partial charge < -0.3 is 15.0 Å². The minimum absolute atomic E-state index is 0.611. The zero-order valence-electron chi connectivity index (χ0n) is 7.32. The topological polar surface area (TPSA) is 67.2 Å². The molecule has 1 aliphatic carbocycles. The van der Waals surface area contributed by atoms with E-state index in [1.165, 1.54) is 0 Å². The molecule has 5 nitrogen and oxygen atoms in total. The first-order chi connectivity index (χ1) is 6.14. The van der Waals surface area contributed by atoms with Gasteiger partial charge in [-0.1, -0.05) is 0 Å². The molecule has 2 rings (SSSR count). The number of hydrogen-bond donors (Lipinski definition) is 2. The van der Waals surface area contributed by atoms with Crippen molar-refractivity contribution in [3.8, 4) is 0 Å². The van der Waals surface area contributed by atoms with Crippen molar-refractivity contribution in [3.05, 3.63) is 12.4 Å². The summed E-state index contributed by atoms with van der Waals surface area (Å²) in [5.41, 5.74) is -0.751. The highest BCUT2D eigenvalue weighted by atomic mass is 16.4. The van der Waals surface area contributed by atoms with Gasteiger partial charge in [-0.15, -0.1) is 0 Å². The van der Waals surface area contributed by atoms with E-state index in [1.54, 1.807) is 17.0 Å². The van der Waals surface area contributed by atoms with Gasteiger partial charge in [0.1, 0.15) is 5.54 Å². The summed E-state index contributed by atoms with van der Waals surface area (Å²) in [6.45, 7) is 0. The van der Waals surface area contributed by atoms with Crippen molar-refractivity contribution in [2.24, 2.45) is 7.05 Å². The molecule has 1 fully saturated rings. The van der Waals surface area contributed by atoms with Gasteiger partial charge in [0.05, 0.1) is 0 Å². The van der Waals surface area contributed by atoms with Gasteiger partial charge in [0.15, 0.2) is 0 Å². The quantitative estimate of drug-likeness (QED) is 0.710. The molecule has 5 heteroatoms. The summed E-state index contributed by atoms with van der Waals surface area (Å²) in [6, 6.07) is 0. The molecule has 0 spiro atoms. The fourth-order valence-corrected chi connectivity index (χ4v) is 1.22. The summed E-state index contributed by atoms with van der Waals surface area (Å²) in [4.78, 5) is 14.8. The number of anilines is 1. The molecule has 0 saturated heterocycles. The SMILES string of the molecule is Cn1ccnc1NC1(C(=O)O)CC1. The second-order valence-corrected chi connectivity index (χ2v) is 3.37. The van der Waals surface area contributed by atoms with E-state index < -0.39 is 11.5 Å². The fraction of sp³-hybridized carbons (Fsp3) is 0.500. The van der Waals surface area contributed by atoms with Crippen LogP contribution in [0.3, 0.4) is 0 Å². The lowest BCUT2D eigenvalue weighted by Gasteiger charge is -2.12. The Morgan fingerprint density at radius 3 is 2.85 bits per heavy atom. The third-order valence-corrected chi connectivity index (χ3v) is 2.33. The first kappa shape index (κ1) is 8.10. The second-order valence-electron chi connectivity index (χ2n) is 3.37. The molecule has 13 heavy (non-hydrogen) atoms. The van der Waals surface area contributed by atoms with Gasteiger partial charge in [-0.3, -0.25) is 0 Å². The molecule has 0 atom stereocenters. The van der Waals surface area contributed by atoms with Crippen LogP contribution in [0.15, 0.2) is 12.4 Å². The van der Waals surface area contributed by atoms with Gasteiger partial charge in [-0.2, -0.15) is 0 Å². The summed E-state index contributed by atoms with van der Waals surface area (Å²) in [5, 5.41) is 11.8. The summed E-state index contributed by atoms with van der Waals surface area (Å²) in [5.74, 6) is -0.185. The Bertz CT molecular complexity index is 341. The van der Waals surface area contributed by atoms with Crippen LogP contribution in [0.4, 0.5) is 5.95 Å². The van der Waals surface area contributed by atoms with Crippen LogP contribution in [-0.4, -0.2) is 26.2 Å². The lowest BCUT2D eigenvalue weighted by Crippen LogP contribution is -2.32. The molecule has 1 heterocycles. The molecule has 70 valence electrons. The van der Waals surface area contributed by atoms with Crippen LogP contribution in [0, 0.1) is 0 Å². The molecule has 1 aromatic heterocycles. The van der Waals surface area contributed by atoms with Crippen molar-refractivity contribution in [3.63, 3.8) is 0 Å². The van der Waals surface area contributed by atoms with Gasteiger partial charge in [0.2, 0.25) is 5.95 Å². The Balaban J connectivity index is 2.15. The molecule has 0 bridgehead atoms. The van der Waals surface area contributed by atoms with Crippen molar-refractivity contribution >= 4 is 11.9 Å². The van der Waals surface area contributed by atoms with Crippen molar-refractivity contribution in [1.82, 2.24) is 9.55 Å². The number of imidazole rings is 1. The van der Waals surface area contributed by atoms with Crippen molar-refractivity contribution in [2.75, 3.05) is 5.32 Å². The molecule has 1 aromatic rings. The molecular weight excluding hydrogens is 170 g/mol. The van der Waals surface area contributed by atoms with Crippen molar-refractivity contribution in [2.45, 2.75) is 18.4 Å². The highest BCUT2D eigenvalue weighted by Crippen LogP contribution is 2.38. The van der Waals surface area contributed by atoms with Crippen LogP contribution in [0.25, 0.3) is 0 Å². The summed E-state index contributed by atoms with van der Waals surface area (Å²) in [7, 11) is 1.83. The first-order valence-electron chi connectivity index (χ1n) is 4.13. The summed E-state index contributed by atoms with van der Waals surface area (Å²) >= 11 is 0. The van der Waals surface area contributed by atoms with Crippen LogP contribution >= 0.6 is 0 Å². The number of aromatic nitrogens is 2. The van der Waals surface area contributed by atoms with E-state index >= 15 is 0 Å². The van der Waals surface area contributed by atoms with E-state index in [1.807, 2.05) is 7.05 Å². The van der Waals surface area contributed by atoms with E-state index in [2.05, 4.69) is 10.3 Å². The van der Waals surface area contributed by atoms with Crippen molar-refractivity contribution in [1.29, 1.82) is 0 Å². The Labute approximate surface area is 75.4 Å². The van der Waals surface area contributed by atoms with E-state index in [-0.39, 0.29) is 0 Å². The Hall–Kier alpha value is -1.52. The van der Waals surface area contributed by atoms with E-state index in [4.69, 9.17) is 5.11 Å². The molecule has 2 N–H and O–H groups in total. The van der Waals surface area contributed by atoms with Gasteiger partial charge in [0.25, 0.3) is 0 Å². The third kappa shape index (κ3) is 1.26. The van der Waals surface area contributed by atoms with Crippen LogP contribution < -0.4 is 5.32 Å². The number of aryl methyl sites for hydroxylation is 1. The minimum atomic E-state index is -0.796. The lowest BCUT2D eigenvalue weighted by molar-refractivity contribution is -0.138. The number of nitrogens with zero attached hydrogens (tertiary/aromatic N) is 2. The maximum absolute atomic E-state index is 10.8. The predicted octanol–water partition coefficient (Wildman–Crippen LogP) is 0.449. The number of rotatable bonds is 3. The maximum Gasteiger partial charge on any atom is 0.329 e. The summed E-state index contributed by atoms with van der Waals surface area (Å²) < 4.78 is 1.77. The highest BCUT2D eigenvalue weighted by Gasteiger charge is 2.51. The van der Waals surface area contributed by atoms with Crippen LogP contribution in [0.2, 0.25) is 0 Å². The van der Waals surface area contributed by atoms with Crippen LogP contribution in [0.5, 0.6) is 0 Å². The molecular formula is C8H11N3O2. The van der Waals surface area contributed by atoms with Gasteiger partial charge in [0, 0.05) is 19.4 Å². The molecule has 0 radical (unpaired) electrons. The number of hydrogen-bond acceptors (Lipinski definition) is 3. The van der Waals surface area contributed by atoms with Crippen LogP contribution in [-0.2, 0) is 11.8 Å². The fourth-order valence-electron chi connectivity index (χ4n) is 1.22. The van der Waals surface area contributed by atoms with E-state index in [0.717, 1.165) is 0 Å². The second kappa shape index (κ2) is 2.48. The normalized spacial score (nSPS) is 18.2. The predicted molar refractivity (Wildman–Crippen MR) is 46.4 cm³/mol. The Morgan fingerprint density at radius 2 is 2.46 bits per heavy atom. The first-order valence-corrected chi connectivity index (χ1v) is 4.13. The van der Waals surface area contributed by atoms with Gasteiger partial charge in [-0.05, 0) is 12.8 Å². The monoisotopic (exact) mass is 181 g/mol. The number of carboxylic acid groups (broad SMARTS) is 1. The Morgan fingerprint density at radius 1 is 1.77 bits per heavy atom. The maximum atomic E-state index is 10.8. The summed E-state index contributed by atoms with van der Waals surface area (Å²) in [6.07, 6.45) is 4.77. The van der Waals surface area contributed by atoms with Gasteiger partial charge >= 0.3 is 5.97 Å². The number of nitrogens with one attached hydrogen (secondary N) is 1. The zero-order valence-corrected chi connectivity index (χ0v) is 7.32. The van der Waals surface area contributed by atoms with E-state index in [0.29, 0.717) is 18.8 Å². The van der Waals surface area contributed by atoms with Crippen molar-refractivity contribution < 1.29 is 9.90 Å². The minimum Gasteiger partial charge on any atom is -0.480 e. The number of carbonyl (C=O) groups is 1. The standard InChI is InChI=1S/C8H11N3O2/c1-11-5-4-9-7(11)10-8(2-3-8)6(12)13/h4-5H,2-3H2,1H3,(H,9,10)(H,12,13). The average molecular weight is 181 g/mol. The average Bonchev–Trinajstić information content (AvgIpc) is 2.74. The molecule has 0 amide bonds. The van der Waals surface area contributed by atoms with Crippen LogP contribution in [0.1, 0.15) is 12.8 Å². The Kier molecular flexibility index (Phi) is 1.55. The third-order valence-electron chi connectivity index (χ3n) is 2.33. The zero-order chi connectivity index (χ0) is 9.47. The molecule has 0 unspecified atom stereocenters. The highest BCUT2D eigenvalue weighted by molar-refractivity contribution is 5.85. The number of aliphatic carboxylic acids is 1.